The van der Waals surface area contributed by atoms with Crippen LogP contribution in [0, 0.1) is 0 Å². The molecule has 1 rings (SSSR count). The molecular formula is C11H18O2Sn. The van der Waals surface area contributed by atoms with Gasteiger partial charge >= 0.3 is 90.2 Å². The Morgan fingerprint density at radius 3 is 1.64 bits per heavy atom. The topological polar surface area (TPSA) is 18.5 Å². The maximum atomic E-state index is 5.39. The molecule has 0 aliphatic heterocycles. The normalized spacial score (nSPS) is 11.2. The van der Waals surface area contributed by atoms with E-state index in [-0.39, 0.29) is 0 Å². The Hall–Kier alpha value is -0.381. The summed E-state index contributed by atoms with van der Waals surface area (Å²) in [4.78, 5) is 7.07. The molecule has 0 heterocycles. The summed E-state index contributed by atoms with van der Waals surface area (Å²) in [6, 6.07) is 6.00. The molecule has 0 saturated carbocycles. The Kier molecular flexibility index (Phi) is 3.70. The van der Waals surface area contributed by atoms with Crippen LogP contribution in [-0.4, -0.2) is 32.6 Å². The molecule has 0 amide bonds. The Labute approximate surface area is 90.1 Å². The molecule has 14 heavy (non-hydrogen) atoms. The third-order valence-corrected chi connectivity index (χ3v) is 7.87. The molecule has 0 spiro atoms. The number of ether oxygens (including phenoxy) is 2. The van der Waals surface area contributed by atoms with E-state index in [1.54, 1.807) is 14.2 Å². The second kappa shape index (κ2) is 4.43. The van der Waals surface area contributed by atoms with Crippen molar-refractivity contribution >= 4 is 22.0 Å². The monoisotopic (exact) mass is 302 g/mol. The van der Waals surface area contributed by atoms with Gasteiger partial charge in [0, 0.05) is 0 Å². The quantitative estimate of drug-likeness (QED) is 0.797. The van der Waals surface area contributed by atoms with E-state index in [0.717, 1.165) is 11.5 Å². The number of hydrogen-bond donors (Lipinski definition) is 0. The van der Waals surface area contributed by atoms with E-state index in [1.807, 2.05) is 18.2 Å². The Bertz CT molecular complexity index is 293. The molecule has 0 aliphatic carbocycles. The van der Waals surface area contributed by atoms with Crippen molar-refractivity contribution in [3.63, 3.8) is 0 Å². The Morgan fingerprint density at radius 1 is 0.929 bits per heavy atom. The zero-order valence-corrected chi connectivity index (χ0v) is 12.4. The van der Waals surface area contributed by atoms with Crippen LogP contribution in [0.4, 0.5) is 0 Å². The van der Waals surface area contributed by atoms with Gasteiger partial charge in [-0.3, -0.25) is 0 Å². The first kappa shape index (κ1) is 11.7. The molecular weight excluding hydrogens is 283 g/mol. The molecule has 3 heteroatoms. The van der Waals surface area contributed by atoms with Crippen LogP contribution in [-0.2, 0) is 0 Å². The fourth-order valence-corrected chi connectivity index (χ4v) is 6.87. The molecule has 0 unspecified atom stereocenters. The summed E-state index contributed by atoms with van der Waals surface area (Å²) in [7, 11) is 3.44. The first-order valence-electron chi connectivity index (χ1n) is 4.72. The fourth-order valence-electron chi connectivity index (χ4n) is 1.59. The van der Waals surface area contributed by atoms with Gasteiger partial charge in [-0.15, -0.1) is 0 Å². The summed E-state index contributed by atoms with van der Waals surface area (Å²) >= 11 is -2.15. The molecule has 1 aromatic carbocycles. The summed E-state index contributed by atoms with van der Waals surface area (Å²) in [5.41, 5.74) is 0. The van der Waals surface area contributed by atoms with Crippen LogP contribution in [0.2, 0.25) is 14.8 Å². The molecule has 0 aliphatic rings. The van der Waals surface area contributed by atoms with Gasteiger partial charge in [-0.05, 0) is 0 Å². The van der Waals surface area contributed by atoms with E-state index in [9.17, 15) is 0 Å². The van der Waals surface area contributed by atoms with Crippen molar-refractivity contribution in [3.05, 3.63) is 18.2 Å². The van der Waals surface area contributed by atoms with Crippen LogP contribution in [0.25, 0.3) is 0 Å². The van der Waals surface area contributed by atoms with E-state index in [1.165, 1.54) is 3.58 Å². The van der Waals surface area contributed by atoms with Crippen molar-refractivity contribution in [2.24, 2.45) is 0 Å². The van der Waals surface area contributed by atoms with Crippen LogP contribution < -0.4 is 13.1 Å². The minimum atomic E-state index is -2.15. The SMILES string of the molecule is COc1cccc(OC)[c]1[Sn]([CH3])([CH3])[CH3]. The van der Waals surface area contributed by atoms with E-state index >= 15 is 0 Å². The Balaban J connectivity index is 3.34. The van der Waals surface area contributed by atoms with Gasteiger partial charge in [-0.1, -0.05) is 0 Å². The van der Waals surface area contributed by atoms with Crippen molar-refractivity contribution in [1.29, 1.82) is 0 Å². The van der Waals surface area contributed by atoms with Gasteiger partial charge < -0.3 is 0 Å². The zero-order chi connectivity index (χ0) is 10.8. The van der Waals surface area contributed by atoms with Crippen LogP contribution >= 0.6 is 0 Å². The number of hydrogen-bond acceptors (Lipinski definition) is 2. The van der Waals surface area contributed by atoms with Gasteiger partial charge in [-0.2, -0.15) is 0 Å². The van der Waals surface area contributed by atoms with Gasteiger partial charge in [0.1, 0.15) is 0 Å². The predicted molar refractivity (Wildman–Crippen MR) is 62.5 cm³/mol. The van der Waals surface area contributed by atoms with Gasteiger partial charge in [0.2, 0.25) is 0 Å². The number of benzene rings is 1. The molecule has 0 bridgehead atoms. The summed E-state index contributed by atoms with van der Waals surface area (Å²) in [6.45, 7) is 0. The molecule has 2 nitrogen and oxygen atoms in total. The van der Waals surface area contributed by atoms with Crippen molar-refractivity contribution in [1.82, 2.24) is 0 Å². The molecule has 78 valence electrons. The third kappa shape index (κ3) is 2.35. The van der Waals surface area contributed by atoms with Gasteiger partial charge in [0.05, 0.1) is 0 Å². The zero-order valence-electron chi connectivity index (χ0n) is 9.55. The van der Waals surface area contributed by atoms with Crippen molar-refractivity contribution < 1.29 is 9.47 Å². The third-order valence-electron chi connectivity index (χ3n) is 2.18. The molecule has 0 atom stereocenters. The van der Waals surface area contributed by atoms with E-state index in [0.29, 0.717) is 0 Å². The van der Waals surface area contributed by atoms with Crippen molar-refractivity contribution in [2.75, 3.05) is 14.2 Å². The fraction of sp³-hybridized carbons (Fsp3) is 0.455. The second-order valence-corrected chi connectivity index (χ2v) is 18.6. The average Bonchev–Trinajstić information content (AvgIpc) is 2.15. The first-order chi connectivity index (χ1) is 6.50. The average molecular weight is 301 g/mol. The number of rotatable bonds is 3. The molecule has 0 saturated heterocycles. The van der Waals surface area contributed by atoms with Crippen molar-refractivity contribution in [3.8, 4) is 11.5 Å². The molecule has 1 aromatic rings. The van der Waals surface area contributed by atoms with Crippen molar-refractivity contribution in [2.45, 2.75) is 14.8 Å². The van der Waals surface area contributed by atoms with E-state index < -0.39 is 18.4 Å². The standard InChI is InChI=1S/C8H9O2.3CH3.Sn/c1-9-7-4-3-5-8(6-7)10-2;;;;/h3-5H,1-2H3;3*1H3;. The molecule has 0 fully saturated rings. The second-order valence-electron chi connectivity index (χ2n) is 4.29. The molecule has 0 radical (unpaired) electrons. The summed E-state index contributed by atoms with van der Waals surface area (Å²) in [5, 5.41) is 0. The van der Waals surface area contributed by atoms with Crippen LogP contribution in [0.5, 0.6) is 11.5 Å². The Morgan fingerprint density at radius 2 is 1.36 bits per heavy atom. The van der Waals surface area contributed by atoms with Gasteiger partial charge in [-0.25, -0.2) is 0 Å². The van der Waals surface area contributed by atoms with Gasteiger partial charge in [0.25, 0.3) is 0 Å². The first-order valence-corrected chi connectivity index (χ1v) is 14.7. The van der Waals surface area contributed by atoms with E-state index in [4.69, 9.17) is 9.47 Å². The van der Waals surface area contributed by atoms with Crippen LogP contribution in [0.1, 0.15) is 0 Å². The summed E-state index contributed by atoms with van der Waals surface area (Å²) in [6.07, 6.45) is 0. The maximum absolute atomic E-state index is 5.39. The summed E-state index contributed by atoms with van der Waals surface area (Å²) < 4.78 is 12.1. The molecule has 0 aromatic heterocycles. The van der Waals surface area contributed by atoms with Crippen LogP contribution in [0.15, 0.2) is 18.2 Å². The van der Waals surface area contributed by atoms with E-state index in [2.05, 4.69) is 14.8 Å². The number of methoxy groups -OCH3 is 2. The summed E-state index contributed by atoms with van der Waals surface area (Å²) in [5.74, 6) is 1.96. The predicted octanol–water partition coefficient (Wildman–Crippen LogP) is 2.25. The van der Waals surface area contributed by atoms with Gasteiger partial charge in [0.15, 0.2) is 0 Å². The molecule has 0 N–H and O–H groups in total. The minimum absolute atomic E-state index is 0.979. The van der Waals surface area contributed by atoms with Crippen LogP contribution in [0.3, 0.4) is 0 Å².